The lowest BCUT2D eigenvalue weighted by atomic mass is 10.0. The molecule has 0 atom stereocenters. The van der Waals surface area contributed by atoms with Crippen LogP contribution in [0.15, 0.2) is 4.52 Å². The zero-order valence-corrected chi connectivity index (χ0v) is 13.4. The van der Waals surface area contributed by atoms with Crippen LogP contribution < -0.4 is 5.32 Å². The first kappa shape index (κ1) is 15.9. The Labute approximate surface area is 127 Å². The first-order valence-corrected chi connectivity index (χ1v) is 7.98. The Bertz CT molecular complexity index is 445. The lowest BCUT2D eigenvalue weighted by Gasteiger charge is -2.18. The van der Waals surface area contributed by atoms with Crippen molar-refractivity contribution < 1.29 is 9.32 Å². The van der Waals surface area contributed by atoms with Crippen molar-refractivity contribution in [2.75, 3.05) is 13.6 Å². The molecule has 5 heteroatoms. The van der Waals surface area contributed by atoms with Crippen molar-refractivity contribution in [1.82, 2.24) is 15.4 Å². The summed E-state index contributed by atoms with van der Waals surface area (Å²) in [6, 6.07) is -0.0265. The molecule has 21 heavy (non-hydrogen) atoms. The molecule has 1 aliphatic rings. The van der Waals surface area contributed by atoms with E-state index in [4.69, 9.17) is 4.52 Å². The minimum absolute atomic E-state index is 0.0265. The molecule has 118 valence electrons. The van der Waals surface area contributed by atoms with Gasteiger partial charge >= 0.3 is 6.03 Å². The van der Waals surface area contributed by atoms with Gasteiger partial charge in [0.05, 0.1) is 12.2 Å². The molecule has 2 rings (SSSR count). The third-order valence-electron chi connectivity index (χ3n) is 4.46. The van der Waals surface area contributed by atoms with Gasteiger partial charge in [-0.25, -0.2) is 4.79 Å². The smallest absolute Gasteiger partial charge is 0.317 e. The van der Waals surface area contributed by atoms with E-state index in [-0.39, 0.29) is 6.03 Å². The molecule has 0 unspecified atom stereocenters. The van der Waals surface area contributed by atoms with Crippen molar-refractivity contribution in [3.8, 4) is 0 Å². The van der Waals surface area contributed by atoms with Gasteiger partial charge in [-0.05, 0) is 32.6 Å². The topological polar surface area (TPSA) is 58.4 Å². The van der Waals surface area contributed by atoms with Crippen LogP contribution in [0.4, 0.5) is 4.79 Å². The van der Waals surface area contributed by atoms with Gasteiger partial charge in [0.2, 0.25) is 0 Å². The summed E-state index contributed by atoms with van der Waals surface area (Å²) in [5, 5.41) is 6.91. The number of nitrogens with one attached hydrogen (secondary N) is 1. The van der Waals surface area contributed by atoms with E-state index in [1.165, 1.54) is 32.1 Å². The van der Waals surface area contributed by atoms with Crippen molar-refractivity contribution in [3.05, 3.63) is 17.0 Å². The fraction of sp³-hybridized carbons (Fsp3) is 0.750. The number of carbonyl (C=O) groups excluding carboxylic acids is 1. The van der Waals surface area contributed by atoms with Gasteiger partial charge < -0.3 is 14.7 Å². The molecular weight excluding hydrogens is 266 g/mol. The molecule has 1 aromatic rings. The van der Waals surface area contributed by atoms with Crippen LogP contribution in [0.1, 0.15) is 55.5 Å². The Kier molecular flexibility index (Phi) is 5.65. The highest BCUT2D eigenvalue weighted by atomic mass is 16.5. The molecule has 1 saturated carbocycles. The van der Waals surface area contributed by atoms with Gasteiger partial charge in [0, 0.05) is 19.2 Å². The van der Waals surface area contributed by atoms with Gasteiger partial charge in [0.15, 0.2) is 0 Å². The van der Waals surface area contributed by atoms with Crippen LogP contribution in [-0.4, -0.2) is 29.7 Å². The second-order valence-electron chi connectivity index (χ2n) is 6.18. The minimum atomic E-state index is -0.0265. The molecule has 1 aromatic heterocycles. The number of urea groups is 1. The molecule has 0 aliphatic heterocycles. The summed E-state index contributed by atoms with van der Waals surface area (Å²) in [6.45, 7) is 5.08. The van der Waals surface area contributed by atoms with Crippen molar-refractivity contribution in [2.45, 2.75) is 58.9 Å². The third kappa shape index (κ3) is 4.48. The third-order valence-corrected chi connectivity index (χ3v) is 4.46. The summed E-state index contributed by atoms with van der Waals surface area (Å²) >= 11 is 0. The van der Waals surface area contributed by atoms with Crippen molar-refractivity contribution >= 4 is 6.03 Å². The molecule has 2 amide bonds. The number of aromatic nitrogens is 1. The molecule has 0 radical (unpaired) electrons. The minimum Gasteiger partial charge on any atom is -0.361 e. The molecule has 0 saturated heterocycles. The maximum absolute atomic E-state index is 12.1. The summed E-state index contributed by atoms with van der Waals surface area (Å²) in [4.78, 5) is 13.7. The molecule has 0 bridgehead atoms. The van der Waals surface area contributed by atoms with E-state index in [2.05, 4.69) is 10.5 Å². The summed E-state index contributed by atoms with van der Waals surface area (Å²) in [6.07, 6.45) is 7.84. The van der Waals surface area contributed by atoms with Gasteiger partial charge in [-0.3, -0.25) is 0 Å². The summed E-state index contributed by atoms with van der Waals surface area (Å²) in [5.41, 5.74) is 1.85. The van der Waals surface area contributed by atoms with Gasteiger partial charge in [-0.15, -0.1) is 0 Å². The Morgan fingerprint density at radius 3 is 2.71 bits per heavy atom. The van der Waals surface area contributed by atoms with Crippen LogP contribution in [-0.2, 0) is 6.54 Å². The highest BCUT2D eigenvalue weighted by Crippen LogP contribution is 2.28. The van der Waals surface area contributed by atoms with Crippen LogP contribution >= 0.6 is 0 Å². The molecule has 1 heterocycles. The zero-order chi connectivity index (χ0) is 15.2. The number of aryl methyl sites for hydroxylation is 2. The summed E-state index contributed by atoms with van der Waals surface area (Å²) in [5.74, 6) is 1.68. The molecule has 1 N–H and O–H groups in total. The first-order chi connectivity index (χ1) is 10.1. The van der Waals surface area contributed by atoms with Crippen LogP contribution in [0, 0.1) is 19.8 Å². The van der Waals surface area contributed by atoms with Crippen LogP contribution in [0.5, 0.6) is 0 Å². The van der Waals surface area contributed by atoms with Crippen LogP contribution in [0.3, 0.4) is 0 Å². The number of carbonyl (C=O) groups is 1. The second kappa shape index (κ2) is 7.48. The average molecular weight is 293 g/mol. The zero-order valence-electron chi connectivity index (χ0n) is 13.4. The fourth-order valence-electron chi connectivity index (χ4n) is 3.06. The molecule has 0 spiro atoms. The van der Waals surface area contributed by atoms with E-state index in [1.807, 2.05) is 13.8 Å². The van der Waals surface area contributed by atoms with Crippen molar-refractivity contribution in [2.24, 2.45) is 5.92 Å². The normalized spacial score (nSPS) is 15.4. The van der Waals surface area contributed by atoms with E-state index in [0.717, 1.165) is 35.9 Å². The lowest BCUT2D eigenvalue weighted by Crippen LogP contribution is -2.37. The van der Waals surface area contributed by atoms with Crippen LogP contribution in [0.2, 0.25) is 0 Å². The largest absolute Gasteiger partial charge is 0.361 e. The molecule has 1 fully saturated rings. The fourth-order valence-corrected chi connectivity index (χ4v) is 3.06. The van der Waals surface area contributed by atoms with Crippen LogP contribution in [0.25, 0.3) is 0 Å². The Morgan fingerprint density at radius 1 is 1.38 bits per heavy atom. The molecule has 5 nitrogen and oxygen atoms in total. The van der Waals surface area contributed by atoms with E-state index in [0.29, 0.717) is 6.54 Å². The monoisotopic (exact) mass is 293 g/mol. The SMILES string of the molecule is Cc1noc(C)c1CN(C)C(=O)NCCCC1CCCC1. The predicted octanol–water partition coefficient (Wildman–Crippen LogP) is 3.40. The predicted molar refractivity (Wildman–Crippen MR) is 82.0 cm³/mol. The second-order valence-corrected chi connectivity index (χ2v) is 6.18. The number of hydrogen-bond donors (Lipinski definition) is 1. The Balaban J connectivity index is 1.67. The highest BCUT2D eigenvalue weighted by Gasteiger charge is 2.16. The quantitative estimate of drug-likeness (QED) is 0.818. The van der Waals surface area contributed by atoms with Gasteiger partial charge in [-0.1, -0.05) is 30.8 Å². The first-order valence-electron chi connectivity index (χ1n) is 7.98. The molecular formula is C16H27N3O2. The highest BCUT2D eigenvalue weighted by molar-refractivity contribution is 5.73. The number of hydrogen-bond acceptors (Lipinski definition) is 3. The van der Waals surface area contributed by atoms with E-state index >= 15 is 0 Å². The van der Waals surface area contributed by atoms with E-state index in [9.17, 15) is 4.79 Å². The number of rotatable bonds is 6. The van der Waals surface area contributed by atoms with Crippen molar-refractivity contribution in [3.63, 3.8) is 0 Å². The Morgan fingerprint density at radius 2 is 2.10 bits per heavy atom. The van der Waals surface area contributed by atoms with E-state index in [1.54, 1.807) is 11.9 Å². The van der Waals surface area contributed by atoms with Gasteiger partial charge in [-0.2, -0.15) is 0 Å². The molecule has 1 aliphatic carbocycles. The molecule has 0 aromatic carbocycles. The van der Waals surface area contributed by atoms with Crippen molar-refractivity contribution in [1.29, 1.82) is 0 Å². The number of amides is 2. The van der Waals surface area contributed by atoms with Gasteiger partial charge in [0.1, 0.15) is 5.76 Å². The lowest BCUT2D eigenvalue weighted by molar-refractivity contribution is 0.206. The summed E-state index contributed by atoms with van der Waals surface area (Å²) in [7, 11) is 1.80. The van der Waals surface area contributed by atoms with E-state index < -0.39 is 0 Å². The Hall–Kier alpha value is -1.52. The standard InChI is InChI=1S/C16H27N3O2/c1-12-15(13(2)21-18-12)11-19(3)16(20)17-10-6-9-14-7-4-5-8-14/h14H,4-11H2,1-3H3,(H,17,20). The maximum atomic E-state index is 12.1. The number of nitrogens with zero attached hydrogens (tertiary/aromatic N) is 2. The maximum Gasteiger partial charge on any atom is 0.317 e. The average Bonchev–Trinajstić information content (AvgIpc) is 3.08. The summed E-state index contributed by atoms with van der Waals surface area (Å²) < 4.78 is 5.12. The van der Waals surface area contributed by atoms with Gasteiger partial charge in [0.25, 0.3) is 0 Å².